The number of carboxylic acid groups (broad SMARTS) is 1. The molecule has 1 amide bonds. The van der Waals surface area contributed by atoms with Crippen molar-refractivity contribution in [2.24, 2.45) is 0 Å². The maximum Gasteiger partial charge on any atom is 0.323 e. The van der Waals surface area contributed by atoms with Crippen LogP contribution < -0.4 is 0 Å². The molecule has 2 rings (SSSR count). The van der Waals surface area contributed by atoms with E-state index in [0.29, 0.717) is 18.7 Å². The Hall–Kier alpha value is -2.70. The van der Waals surface area contributed by atoms with Gasteiger partial charge in [0.2, 0.25) is 0 Å². The van der Waals surface area contributed by atoms with Gasteiger partial charge in [0.1, 0.15) is 6.54 Å². The Labute approximate surface area is 121 Å². The average molecular weight is 289 g/mol. The number of carbonyl (C=O) groups is 2. The molecular weight excluding hydrogens is 274 g/mol. The number of carboxylic acids is 1. The van der Waals surface area contributed by atoms with E-state index in [4.69, 9.17) is 9.63 Å². The summed E-state index contributed by atoms with van der Waals surface area (Å²) in [6.07, 6.45) is 3.87. The van der Waals surface area contributed by atoms with Crippen molar-refractivity contribution >= 4 is 11.9 Å². The van der Waals surface area contributed by atoms with Crippen LogP contribution in [0.15, 0.2) is 35.1 Å². The van der Waals surface area contributed by atoms with E-state index in [-0.39, 0.29) is 12.2 Å². The molecule has 0 aliphatic rings. The van der Waals surface area contributed by atoms with Crippen LogP contribution in [0.5, 0.6) is 0 Å². The molecule has 7 heteroatoms. The Morgan fingerprint density at radius 1 is 1.33 bits per heavy atom. The number of nitrogens with zero attached hydrogens (tertiary/aromatic N) is 3. The number of pyridine rings is 1. The van der Waals surface area contributed by atoms with E-state index in [1.54, 1.807) is 24.5 Å². The van der Waals surface area contributed by atoms with E-state index in [2.05, 4.69) is 10.1 Å². The van der Waals surface area contributed by atoms with Gasteiger partial charge in [-0.2, -0.15) is 0 Å². The van der Waals surface area contributed by atoms with Crippen LogP contribution in [0.2, 0.25) is 0 Å². The number of hydrogen-bond acceptors (Lipinski definition) is 5. The third-order valence-corrected chi connectivity index (χ3v) is 2.80. The molecule has 0 aliphatic heterocycles. The van der Waals surface area contributed by atoms with Gasteiger partial charge in [-0.25, -0.2) is 0 Å². The summed E-state index contributed by atoms with van der Waals surface area (Å²) < 4.78 is 5.13. The predicted octanol–water partition coefficient (Wildman–Crippen LogP) is 1.67. The third-order valence-electron chi connectivity index (χ3n) is 2.80. The van der Waals surface area contributed by atoms with Gasteiger partial charge >= 0.3 is 5.97 Å². The summed E-state index contributed by atoms with van der Waals surface area (Å²) in [6.45, 7) is 1.86. The number of aromatic nitrogens is 2. The summed E-state index contributed by atoms with van der Waals surface area (Å²) >= 11 is 0. The van der Waals surface area contributed by atoms with Gasteiger partial charge in [-0.15, -0.1) is 0 Å². The summed E-state index contributed by atoms with van der Waals surface area (Å²) in [5.74, 6) is -1.08. The lowest BCUT2D eigenvalue weighted by atomic mass is 10.2. The second kappa shape index (κ2) is 6.65. The lowest BCUT2D eigenvalue weighted by Crippen LogP contribution is -2.36. The van der Waals surface area contributed by atoms with Gasteiger partial charge in [-0.1, -0.05) is 12.1 Å². The molecule has 110 valence electrons. The zero-order chi connectivity index (χ0) is 15.2. The first kappa shape index (κ1) is 14.7. The summed E-state index contributed by atoms with van der Waals surface area (Å²) in [5, 5.41) is 12.6. The zero-order valence-electron chi connectivity index (χ0n) is 11.5. The molecule has 0 saturated heterocycles. The van der Waals surface area contributed by atoms with Crippen LogP contribution in [0, 0.1) is 0 Å². The molecule has 0 bridgehead atoms. The van der Waals surface area contributed by atoms with Gasteiger partial charge in [0.05, 0.1) is 0 Å². The van der Waals surface area contributed by atoms with Crippen molar-refractivity contribution in [3.05, 3.63) is 36.3 Å². The fourth-order valence-electron chi connectivity index (χ4n) is 1.88. The zero-order valence-corrected chi connectivity index (χ0v) is 11.5. The maximum absolute atomic E-state index is 12.2. The first-order chi connectivity index (χ1) is 10.1. The highest BCUT2D eigenvalue weighted by atomic mass is 16.5. The topological polar surface area (TPSA) is 96.5 Å². The Balaban J connectivity index is 2.19. The molecule has 2 aromatic heterocycles. The van der Waals surface area contributed by atoms with Crippen molar-refractivity contribution < 1.29 is 19.2 Å². The average Bonchev–Trinajstić information content (AvgIpc) is 2.96. The molecule has 0 saturated carbocycles. The molecule has 0 aliphatic carbocycles. The molecule has 2 aromatic rings. The van der Waals surface area contributed by atoms with Gasteiger partial charge in [0.15, 0.2) is 11.5 Å². The molecule has 21 heavy (non-hydrogen) atoms. The second-order valence-electron chi connectivity index (χ2n) is 4.43. The van der Waals surface area contributed by atoms with Gasteiger partial charge < -0.3 is 14.5 Å². The number of carbonyl (C=O) groups excluding carboxylic acids is 1. The van der Waals surface area contributed by atoms with E-state index in [1.807, 2.05) is 6.92 Å². The first-order valence-electron chi connectivity index (χ1n) is 6.50. The van der Waals surface area contributed by atoms with Crippen LogP contribution in [-0.2, 0) is 4.79 Å². The number of aliphatic carboxylic acids is 1. The fourth-order valence-corrected chi connectivity index (χ4v) is 1.88. The van der Waals surface area contributed by atoms with Crippen LogP contribution in [0.1, 0.15) is 23.8 Å². The summed E-state index contributed by atoms with van der Waals surface area (Å²) in [6, 6.07) is 4.97. The van der Waals surface area contributed by atoms with E-state index in [9.17, 15) is 9.59 Å². The van der Waals surface area contributed by atoms with Crippen molar-refractivity contribution in [3.8, 4) is 11.3 Å². The summed E-state index contributed by atoms with van der Waals surface area (Å²) in [5.41, 5.74) is 0.841. The minimum absolute atomic E-state index is 0.0940. The van der Waals surface area contributed by atoms with Gasteiger partial charge in [0.25, 0.3) is 5.91 Å². The number of amides is 1. The Morgan fingerprint density at radius 2 is 2.05 bits per heavy atom. The molecule has 2 heterocycles. The highest BCUT2D eigenvalue weighted by molar-refractivity contribution is 5.94. The van der Waals surface area contributed by atoms with Gasteiger partial charge in [-0.05, 0) is 18.6 Å². The van der Waals surface area contributed by atoms with Crippen molar-refractivity contribution in [2.75, 3.05) is 13.1 Å². The lowest BCUT2D eigenvalue weighted by Gasteiger charge is -2.18. The van der Waals surface area contributed by atoms with Gasteiger partial charge in [-0.3, -0.25) is 14.6 Å². The standard InChI is InChI=1S/C14H15N3O4/c1-2-7-17(9-13(18)19)14(20)11-8-12(21-16-11)10-3-5-15-6-4-10/h3-6,8H,2,7,9H2,1H3,(H,18,19). The Bertz CT molecular complexity index is 624. The van der Waals surface area contributed by atoms with E-state index in [1.165, 1.54) is 11.0 Å². The van der Waals surface area contributed by atoms with Crippen LogP contribution in [0.3, 0.4) is 0 Å². The smallest absolute Gasteiger partial charge is 0.323 e. The molecule has 0 aromatic carbocycles. The SMILES string of the molecule is CCCN(CC(=O)O)C(=O)c1cc(-c2ccncc2)on1. The third kappa shape index (κ3) is 3.65. The molecule has 7 nitrogen and oxygen atoms in total. The van der Waals surface area contributed by atoms with Crippen LogP contribution in [0.25, 0.3) is 11.3 Å². The normalized spacial score (nSPS) is 10.3. The van der Waals surface area contributed by atoms with Crippen LogP contribution >= 0.6 is 0 Å². The molecule has 0 fully saturated rings. The molecule has 1 N–H and O–H groups in total. The lowest BCUT2D eigenvalue weighted by molar-refractivity contribution is -0.137. The Kier molecular flexibility index (Phi) is 4.65. The Morgan fingerprint density at radius 3 is 2.67 bits per heavy atom. The van der Waals surface area contributed by atoms with Crippen molar-refractivity contribution in [2.45, 2.75) is 13.3 Å². The van der Waals surface area contributed by atoms with Crippen LogP contribution in [-0.4, -0.2) is 45.1 Å². The molecular formula is C14H15N3O4. The molecule has 0 unspecified atom stereocenters. The van der Waals surface area contributed by atoms with Crippen molar-refractivity contribution in [3.63, 3.8) is 0 Å². The number of rotatable bonds is 6. The second-order valence-corrected chi connectivity index (χ2v) is 4.43. The van der Waals surface area contributed by atoms with E-state index >= 15 is 0 Å². The summed E-state index contributed by atoms with van der Waals surface area (Å²) in [7, 11) is 0. The first-order valence-corrected chi connectivity index (χ1v) is 6.50. The van der Waals surface area contributed by atoms with E-state index in [0.717, 1.165) is 5.56 Å². The quantitative estimate of drug-likeness (QED) is 0.869. The monoisotopic (exact) mass is 289 g/mol. The van der Waals surface area contributed by atoms with Crippen LogP contribution in [0.4, 0.5) is 0 Å². The van der Waals surface area contributed by atoms with Crippen molar-refractivity contribution in [1.29, 1.82) is 0 Å². The molecule has 0 radical (unpaired) electrons. The highest BCUT2D eigenvalue weighted by Crippen LogP contribution is 2.19. The minimum atomic E-state index is -1.06. The minimum Gasteiger partial charge on any atom is -0.480 e. The fraction of sp³-hybridized carbons (Fsp3) is 0.286. The summed E-state index contributed by atoms with van der Waals surface area (Å²) in [4.78, 5) is 28.2. The predicted molar refractivity (Wildman–Crippen MR) is 73.6 cm³/mol. The van der Waals surface area contributed by atoms with E-state index < -0.39 is 11.9 Å². The maximum atomic E-state index is 12.2. The van der Waals surface area contributed by atoms with Gasteiger partial charge in [0, 0.05) is 30.6 Å². The largest absolute Gasteiger partial charge is 0.480 e. The molecule has 0 atom stereocenters. The highest BCUT2D eigenvalue weighted by Gasteiger charge is 2.21. The van der Waals surface area contributed by atoms with Crippen molar-refractivity contribution in [1.82, 2.24) is 15.0 Å². The number of hydrogen-bond donors (Lipinski definition) is 1. The molecule has 0 spiro atoms.